The lowest BCUT2D eigenvalue weighted by Gasteiger charge is -2.38. The molecule has 0 radical (unpaired) electrons. The van der Waals surface area contributed by atoms with Gasteiger partial charge in [0, 0.05) is 31.9 Å². The lowest BCUT2D eigenvalue weighted by Crippen LogP contribution is -2.50. The van der Waals surface area contributed by atoms with Gasteiger partial charge in [0.15, 0.2) is 5.92 Å². The molecule has 1 aromatic heterocycles. The molecule has 0 saturated heterocycles. The van der Waals surface area contributed by atoms with Crippen LogP contribution in [0.25, 0.3) is 11.0 Å². The number of aromatic nitrogens is 2. The van der Waals surface area contributed by atoms with Crippen LogP contribution in [0.5, 0.6) is 11.5 Å². The Bertz CT molecular complexity index is 1190. The summed E-state index contributed by atoms with van der Waals surface area (Å²) in [6.07, 6.45) is 0.595. The summed E-state index contributed by atoms with van der Waals surface area (Å²) in [7, 11) is 4.73. The molecule has 0 saturated carbocycles. The number of rotatable bonds is 9. The number of carbonyl (C=O) groups is 2. The molecule has 0 aliphatic carbocycles. The molecule has 9 nitrogen and oxygen atoms in total. The molecule has 1 aliphatic rings. The first kappa shape index (κ1) is 23.6. The van der Waals surface area contributed by atoms with Crippen molar-refractivity contribution in [1.82, 2.24) is 9.55 Å². The summed E-state index contributed by atoms with van der Waals surface area (Å²) < 4.78 is 23.5. The van der Waals surface area contributed by atoms with Crippen molar-refractivity contribution in [2.45, 2.75) is 19.4 Å². The normalized spacial score (nSPS) is 17.5. The van der Waals surface area contributed by atoms with Gasteiger partial charge in [0.25, 0.3) is 0 Å². The minimum Gasteiger partial charge on any atom is -0.497 e. The second kappa shape index (κ2) is 10.1. The van der Waals surface area contributed by atoms with Crippen molar-refractivity contribution in [3.05, 3.63) is 48.0 Å². The fraction of sp³-hybridized carbons (Fsp3) is 0.400. The highest BCUT2D eigenvalue weighted by Gasteiger charge is 2.48. The molecule has 180 valence electrons. The van der Waals surface area contributed by atoms with Crippen LogP contribution in [0.3, 0.4) is 0 Å². The molecule has 2 aromatic carbocycles. The fourth-order valence-electron chi connectivity index (χ4n) is 4.47. The van der Waals surface area contributed by atoms with Crippen molar-refractivity contribution < 1.29 is 28.5 Å². The minimum absolute atomic E-state index is 0.163. The lowest BCUT2D eigenvalue weighted by atomic mass is 9.88. The summed E-state index contributed by atoms with van der Waals surface area (Å²) >= 11 is 0. The summed E-state index contributed by atoms with van der Waals surface area (Å²) in [6, 6.07) is 12.3. The van der Waals surface area contributed by atoms with Crippen LogP contribution in [0.2, 0.25) is 0 Å². The summed E-state index contributed by atoms with van der Waals surface area (Å²) in [5.41, 5.74) is 2.19. The van der Waals surface area contributed by atoms with Crippen LogP contribution in [-0.2, 0) is 19.1 Å². The first-order valence-electron chi connectivity index (χ1n) is 11.2. The molecule has 4 rings (SSSR count). The SMILES string of the molecule is CCOC(=O)[C@@H]1C(=O)N(CCCOC)c2nc3ccccc3n2[C@@H]1c1ccc(OC)cc1OC. The van der Waals surface area contributed by atoms with Crippen LogP contribution in [-0.4, -0.2) is 62.5 Å². The number of hydrogen-bond acceptors (Lipinski definition) is 7. The second-order valence-electron chi connectivity index (χ2n) is 7.89. The third-order valence-electron chi connectivity index (χ3n) is 5.97. The van der Waals surface area contributed by atoms with E-state index in [4.69, 9.17) is 23.9 Å². The number of carbonyl (C=O) groups excluding carboxylic acids is 2. The van der Waals surface area contributed by atoms with Crippen LogP contribution in [0.15, 0.2) is 42.5 Å². The predicted molar refractivity (Wildman–Crippen MR) is 126 cm³/mol. The summed E-state index contributed by atoms with van der Waals surface area (Å²) in [5, 5.41) is 0. The number of anilines is 1. The van der Waals surface area contributed by atoms with E-state index in [-0.39, 0.29) is 12.5 Å². The lowest BCUT2D eigenvalue weighted by molar-refractivity contribution is -0.153. The van der Waals surface area contributed by atoms with Gasteiger partial charge in [-0.25, -0.2) is 4.98 Å². The number of imidazole rings is 1. The Morgan fingerprint density at radius 3 is 2.59 bits per heavy atom. The first-order chi connectivity index (χ1) is 16.5. The van der Waals surface area contributed by atoms with Gasteiger partial charge in [0.1, 0.15) is 11.5 Å². The summed E-state index contributed by atoms with van der Waals surface area (Å²) in [6.45, 7) is 2.72. The van der Waals surface area contributed by atoms with E-state index in [1.165, 1.54) is 0 Å². The van der Waals surface area contributed by atoms with Gasteiger partial charge in [0.2, 0.25) is 11.9 Å². The average molecular weight is 468 g/mol. The van der Waals surface area contributed by atoms with Gasteiger partial charge in [-0.2, -0.15) is 0 Å². The second-order valence-corrected chi connectivity index (χ2v) is 7.89. The van der Waals surface area contributed by atoms with E-state index < -0.39 is 17.9 Å². The number of amides is 1. The smallest absolute Gasteiger partial charge is 0.321 e. The summed E-state index contributed by atoms with van der Waals surface area (Å²) in [5.74, 6) is -0.480. The Kier molecular flexibility index (Phi) is 7.02. The Labute approximate surface area is 198 Å². The van der Waals surface area contributed by atoms with Gasteiger partial charge in [-0.3, -0.25) is 14.5 Å². The number of nitrogens with zero attached hydrogens (tertiary/aromatic N) is 3. The quantitative estimate of drug-likeness (QED) is 0.271. The number of methoxy groups -OCH3 is 3. The van der Waals surface area contributed by atoms with Crippen molar-refractivity contribution >= 4 is 28.9 Å². The molecule has 1 amide bonds. The number of para-hydroxylation sites is 2. The first-order valence-corrected chi connectivity index (χ1v) is 11.2. The van der Waals surface area contributed by atoms with Crippen molar-refractivity contribution in [3.8, 4) is 11.5 Å². The zero-order valence-corrected chi connectivity index (χ0v) is 19.8. The molecular weight excluding hydrogens is 438 g/mol. The average Bonchev–Trinajstić information content (AvgIpc) is 3.24. The van der Waals surface area contributed by atoms with Crippen LogP contribution in [0.1, 0.15) is 24.9 Å². The Hall–Kier alpha value is -3.59. The predicted octanol–water partition coefficient (Wildman–Crippen LogP) is 3.21. The molecular formula is C25H29N3O6. The largest absolute Gasteiger partial charge is 0.497 e. The van der Waals surface area contributed by atoms with Gasteiger partial charge >= 0.3 is 5.97 Å². The number of ether oxygens (including phenoxy) is 4. The van der Waals surface area contributed by atoms with E-state index in [2.05, 4.69) is 0 Å². The van der Waals surface area contributed by atoms with E-state index in [1.54, 1.807) is 45.3 Å². The molecule has 0 bridgehead atoms. The maximum Gasteiger partial charge on any atom is 0.321 e. The van der Waals surface area contributed by atoms with Gasteiger partial charge in [-0.15, -0.1) is 0 Å². The van der Waals surface area contributed by atoms with E-state index in [0.29, 0.717) is 42.6 Å². The van der Waals surface area contributed by atoms with Crippen LogP contribution in [0.4, 0.5) is 5.95 Å². The van der Waals surface area contributed by atoms with Crippen molar-refractivity contribution in [2.75, 3.05) is 46.0 Å². The third-order valence-corrected chi connectivity index (χ3v) is 5.97. The van der Waals surface area contributed by atoms with E-state index in [0.717, 1.165) is 11.0 Å². The Morgan fingerprint density at radius 2 is 1.88 bits per heavy atom. The molecule has 2 heterocycles. The zero-order valence-electron chi connectivity index (χ0n) is 19.8. The summed E-state index contributed by atoms with van der Waals surface area (Å²) in [4.78, 5) is 33.5. The highest BCUT2D eigenvalue weighted by Crippen LogP contribution is 2.44. The van der Waals surface area contributed by atoms with Crippen molar-refractivity contribution in [3.63, 3.8) is 0 Å². The van der Waals surface area contributed by atoms with Gasteiger partial charge in [0.05, 0.1) is 37.9 Å². The highest BCUT2D eigenvalue weighted by atomic mass is 16.5. The van der Waals surface area contributed by atoms with E-state index in [1.807, 2.05) is 34.9 Å². The maximum absolute atomic E-state index is 13.8. The fourth-order valence-corrected chi connectivity index (χ4v) is 4.47. The minimum atomic E-state index is -1.12. The van der Waals surface area contributed by atoms with Crippen molar-refractivity contribution in [2.24, 2.45) is 5.92 Å². The Balaban J connectivity index is 1.98. The monoisotopic (exact) mass is 467 g/mol. The van der Waals surface area contributed by atoms with Crippen LogP contribution in [0, 0.1) is 5.92 Å². The van der Waals surface area contributed by atoms with Gasteiger partial charge < -0.3 is 23.5 Å². The van der Waals surface area contributed by atoms with Crippen molar-refractivity contribution in [1.29, 1.82) is 0 Å². The molecule has 0 fully saturated rings. The maximum atomic E-state index is 13.8. The Morgan fingerprint density at radius 1 is 1.09 bits per heavy atom. The molecule has 0 spiro atoms. The molecule has 3 aromatic rings. The topological polar surface area (TPSA) is 92.1 Å². The highest BCUT2D eigenvalue weighted by molar-refractivity contribution is 6.08. The molecule has 1 aliphatic heterocycles. The number of fused-ring (bicyclic) bond motifs is 3. The number of benzene rings is 2. The van der Waals surface area contributed by atoms with Gasteiger partial charge in [-0.1, -0.05) is 12.1 Å². The van der Waals surface area contributed by atoms with Crippen LogP contribution >= 0.6 is 0 Å². The van der Waals surface area contributed by atoms with E-state index in [9.17, 15) is 9.59 Å². The van der Waals surface area contributed by atoms with Gasteiger partial charge in [-0.05, 0) is 37.6 Å². The van der Waals surface area contributed by atoms with Crippen LogP contribution < -0.4 is 14.4 Å². The molecule has 2 atom stereocenters. The van der Waals surface area contributed by atoms with E-state index >= 15 is 0 Å². The molecule has 0 N–H and O–H groups in total. The number of esters is 1. The molecule has 34 heavy (non-hydrogen) atoms. The molecule has 9 heteroatoms. The number of hydrogen-bond donors (Lipinski definition) is 0. The standard InChI is InChI=1S/C25H29N3O6/c1-5-34-24(30)21-22(17-12-11-16(32-3)15-20(17)33-4)28-19-10-7-6-9-18(19)26-25(28)27(23(21)29)13-8-14-31-2/h6-7,9-12,15,21-22H,5,8,13-14H2,1-4H3/t21-,22+/m0/s1. The zero-order chi connectivity index (χ0) is 24.2. The molecule has 0 unspecified atom stereocenters. The third kappa shape index (κ3) is 4.07.